The van der Waals surface area contributed by atoms with Gasteiger partial charge in [-0.05, 0) is 24.3 Å². The van der Waals surface area contributed by atoms with Gasteiger partial charge in [0.05, 0.1) is 17.2 Å². The molecule has 6 nitrogen and oxygen atoms in total. The largest absolute Gasteiger partial charge is 0.507 e. The van der Waals surface area contributed by atoms with Gasteiger partial charge >= 0.3 is 0 Å². The van der Waals surface area contributed by atoms with E-state index in [4.69, 9.17) is 0 Å². The van der Waals surface area contributed by atoms with Crippen LogP contribution in [0.4, 0.5) is 5.69 Å². The van der Waals surface area contributed by atoms with E-state index in [0.717, 1.165) is 10.6 Å². The average molecular weight is 341 g/mol. The van der Waals surface area contributed by atoms with Crippen molar-refractivity contribution in [1.82, 2.24) is 5.43 Å². The Balaban J connectivity index is 1.58. The lowest BCUT2D eigenvalue weighted by Crippen LogP contribution is -2.33. The number of hydrazone groups is 1. The third-order valence-electron chi connectivity index (χ3n) is 3.41. The van der Waals surface area contributed by atoms with Crippen LogP contribution in [0.5, 0.6) is 5.75 Å². The molecule has 0 aliphatic carbocycles. The Bertz CT molecular complexity index is 807. The number of hydrogen-bond acceptors (Lipinski definition) is 5. The number of benzene rings is 2. The van der Waals surface area contributed by atoms with Crippen molar-refractivity contribution in [3.63, 3.8) is 0 Å². The molecular weight excluding hydrogens is 326 g/mol. The summed E-state index contributed by atoms with van der Waals surface area (Å²) in [5, 5.41) is 15.7. The molecule has 0 spiro atoms. The van der Waals surface area contributed by atoms with Crippen molar-refractivity contribution in [3.8, 4) is 5.75 Å². The van der Waals surface area contributed by atoms with E-state index in [-0.39, 0.29) is 24.0 Å². The number of nitrogens with zero attached hydrogens (tertiary/aromatic N) is 1. The van der Waals surface area contributed by atoms with Crippen LogP contribution in [-0.2, 0) is 9.59 Å². The van der Waals surface area contributed by atoms with Gasteiger partial charge in [-0.15, -0.1) is 11.8 Å². The minimum absolute atomic E-state index is 0.0168. The zero-order valence-corrected chi connectivity index (χ0v) is 13.4. The van der Waals surface area contributed by atoms with Gasteiger partial charge in [0, 0.05) is 16.9 Å². The lowest BCUT2D eigenvalue weighted by Gasteiger charge is -2.23. The zero-order valence-electron chi connectivity index (χ0n) is 12.6. The number of phenols is 1. The molecule has 122 valence electrons. The Morgan fingerprint density at radius 3 is 2.83 bits per heavy atom. The summed E-state index contributed by atoms with van der Waals surface area (Å²) in [6.07, 6.45) is 1.37. The predicted molar refractivity (Wildman–Crippen MR) is 93.2 cm³/mol. The van der Waals surface area contributed by atoms with Crippen LogP contribution in [0, 0.1) is 0 Å². The van der Waals surface area contributed by atoms with Crippen LogP contribution in [0.2, 0.25) is 0 Å². The number of aromatic hydroxyl groups is 1. The number of amides is 2. The summed E-state index contributed by atoms with van der Waals surface area (Å²) in [6, 6.07) is 14.1. The minimum Gasteiger partial charge on any atom is -0.507 e. The second kappa shape index (κ2) is 7.18. The molecule has 1 aliphatic heterocycles. The molecule has 2 aromatic carbocycles. The van der Waals surface area contributed by atoms with Crippen LogP contribution < -0.4 is 10.7 Å². The smallest absolute Gasteiger partial charge is 0.241 e. The SMILES string of the molecule is O=C(CC1Sc2ccccc2NC1=O)N/N=C/c1ccccc1O. The Hall–Kier alpha value is -2.80. The Labute approximate surface area is 143 Å². The summed E-state index contributed by atoms with van der Waals surface area (Å²) in [5.74, 6) is -0.485. The summed E-state index contributed by atoms with van der Waals surface area (Å²) in [4.78, 5) is 24.9. The second-order valence-electron chi connectivity index (χ2n) is 5.15. The normalized spacial score (nSPS) is 16.5. The van der Waals surface area contributed by atoms with E-state index in [1.807, 2.05) is 24.3 Å². The zero-order chi connectivity index (χ0) is 16.9. The summed E-state index contributed by atoms with van der Waals surface area (Å²) in [6.45, 7) is 0. The molecule has 2 aromatic rings. The quantitative estimate of drug-likeness (QED) is 0.588. The molecule has 0 bridgehead atoms. The number of nitrogens with one attached hydrogen (secondary N) is 2. The number of carbonyl (C=O) groups excluding carboxylic acids is 2. The third kappa shape index (κ3) is 3.75. The maximum atomic E-state index is 12.0. The van der Waals surface area contributed by atoms with Crippen LogP contribution in [0.1, 0.15) is 12.0 Å². The summed E-state index contributed by atoms with van der Waals surface area (Å²) in [5.41, 5.74) is 3.64. The van der Waals surface area contributed by atoms with Gasteiger partial charge in [-0.3, -0.25) is 9.59 Å². The van der Waals surface area contributed by atoms with Gasteiger partial charge in [0.1, 0.15) is 5.75 Å². The van der Waals surface area contributed by atoms with Crippen molar-refractivity contribution in [1.29, 1.82) is 0 Å². The van der Waals surface area contributed by atoms with Gasteiger partial charge in [0.25, 0.3) is 0 Å². The number of anilines is 1. The monoisotopic (exact) mass is 341 g/mol. The van der Waals surface area contributed by atoms with Gasteiger partial charge in [0.15, 0.2) is 0 Å². The van der Waals surface area contributed by atoms with Crippen molar-refractivity contribution in [3.05, 3.63) is 54.1 Å². The first kappa shape index (κ1) is 16.1. The fourth-order valence-electron chi connectivity index (χ4n) is 2.21. The highest BCUT2D eigenvalue weighted by Gasteiger charge is 2.28. The molecule has 1 unspecified atom stereocenters. The van der Waals surface area contributed by atoms with E-state index >= 15 is 0 Å². The van der Waals surface area contributed by atoms with Crippen molar-refractivity contribution in [2.45, 2.75) is 16.6 Å². The summed E-state index contributed by atoms with van der Waals surface area (Å²) in [7, 11) is 0. The first-order valence-electron chi connectivity index (χ1n) is 7.30. The molecule has 1 heterocycles. The molecule has 0 fully saturated rings. The summed E-state index contributed by atoms with van der Waals surface area (Å²) < 4.78 is 0. The molecule has 2 amide bonds. The molecule has 7 heteroatoms. The Kier molecular flexibility index (Phi) is 4.81. The van der Waals surface area contributed by atoms with Crippen LogP contribution in [-0.4, -0.2) is 28.4 Å². The van der Waals surface area contributed by atoms with Crippen LogP contribution in [0.25, 0.3) is 0 Å². The number of fused-ring (bicyclic) bond motifs is 1. The van der Waals surface area contributed by atoms with E-state index in [1.54, 1.807) is 18.2 Å². The number of rotatable bonds is 4. The topological polar surface area (TPSA) is 90.8 Å². The first-order chi connectivity index (χ1) is 11.6. The number of carbonyl (C=O) groups is 2. The van der Waals surface area contributed by atoms with Crippen molar-refractivity contribution >= 4 is 35.5 Å². The first-order valence-corrected chi connectivity index (χ1v) is 8.18. The average Bonchev–Trinajstić information content (AvgIpc) is 2.57. The maximum Gasteiger partial charge on any atom is 0.241 e. The minimum atomic E-state index is -0.500. The van der Waals surface area contributed by atoms with Crippen LogP contribution in [0.3, 0.4) is 0 Å². The number of para-hydroxylation sites is 2. The molecular formula is C17H15N3O3S. The summed E-state index contributed by atoms with van der Waals surface area (Å²) >= 11 is 1.36. The lowest BCUT2D eigenvalue weighted by atomic mass is 10.2. The molecule has 24 heavy (non-hydrogen) atoms. The highest BCUT2D eigenvalue weighted by atomic mass is 32.2. The van der Waals surface area contributed by atoms with Crippen molar-refractivity contribution < 1.29 is 14.7 Å². The highest BCUT2D eigenvalue weighted by molar-refractivity contribution is 8.01. The molecule has 0 saturated heterocycles. The fourth-order valence-corrected chi connectivity index (χ4v) is 3.32. The number of hydrogen-bond donors (Lipinski definition) is 3. The molecule has 3 rings (SSSR count). The van der Waals surface area contributed by atoms with E-state index in [0.29, 0.717) is 5.56 Å². The maximum absolute atomic E-state index is 12.0. The molecule has 0 saturated carbocycles. The van der Waals surface area contributed by atoms with Crippen molar-refractivity contribution in [2.24, 2.45) is 5.10 Å². The number of thioether (sulfide) groups is 1. The molecule has 1 aliphatic rings. The van der Waals surface area contributed by atoms with Gasteiger partial charge in [-0.2, -0.15) is 5.10 Å². The second-order valence-corrected chi connectivity index (χ2v) is 6.39. The molecule has 0 aromatic heterocycles. The van der Waals surface area contributed by atoms with E-state index in [1.165, 1.54) is 24.0 Å². The Morgan fingerprint density at radius 1 is 1.25 bits per heavy atom. The van der Waals surface area contributed by atoms with E-state index in [2.05, 4.69) is 15.8 Å². The van der Waals surface area contributed by atoms with Gasteiger partial charge in [-0.25, -0.2) is 5.43 Å². The Morgan fingerprint density at radius 2 is 2.00 bits per heavy atom. The third-order valence-corrected chi connectivity index (χ3v) is 4.68. The molecule has 3 N–H and O–H groups in total. The van der Waals surface area contributed by atoms with Gasteiger partial charge in [-0.1, -0.05) is 24.3 Å². The van der Waals surface area contributed by atoms with Crippen LogP contribution in [0.15, 0.2) is 58.5 Å². The van der Waals surface area contributed by atoms with Gasteiger partial charge < -0.3 is 10.4 Å². The fraction of sp³-hybridized carbons (Fsp3) is 0.118. The van der Waals surface area contributed by atoms with Crippen LogP contribution >= 0.6 is 11.8 Å². The number of phenolic OH excluding ortho intramolecular Hbond substituents is 1. The van der Waals surface area contributed by atoms with Gasteiger partial charge in [0.2, 0.25) is 11.8 Å². The van der Waals surface area contributed by atoms with Crippen molar-refractivity contribution in [2.75, 3.05) is 5.32 Å². The predicted octanol–water partition coefficient (Wildman–Crippen LogP) is 2.35. The highest BCUT2D eigenvalue weighted by Crippen LogP contribution is 2.36. The van der Waals surface area contributed by atoms with E-state index < -0.39 is 5.25 Å². The molecule has 0 radical (unpaired) electrons. The molecule has 1 atom stereocenters. The van der Waals surface area contributed by atoms with E-state index in [9.17, 15) is 14.7 Å². The lowest BCUT2D eigenvalue weighted by molar-refractivity contribution is -0.124. The standard InChI is InChI=1S/C17H15N3O3S/c21-13-7-3-1-5-11(13)10-18-20-16(22)9-15-17(23)19-12-6-2-4-8-14(12)24-15/h1-8,10,15,21H,9H2,(H,19,23)(H,20,22)/b18-10+.